The number of hydrogen-bond acceptors (Lipinski definition) is 3. The third-order valence-electron chi connectivity index (χ3n) is 3.81. The van der Waals surface area contributed by atoms with Gasteiger partial charge in [-0.1, -0.05) is 38.5 Å². The van der Waals surface area contributed by atoms with Crippen LogP contribution in [0, 0.1) is 0 Å². The third-order valence-corrected chi connectivity index (χ3v) is 6.13. The zero-order valence-corrected chi connectivity index (χ0v) is 11.7. The number of sulfone groups is 1. The molecule has 0 radical (unpaired) electrons. The molecule has 0 amide bonds. The van der Waals surface area contributed by atoms with Crippen LogP contribution in [0.5, 0.6) is 0 Å². The predicted octanol–water partition coefficient (Wildman–Crippen LogP) is 2.28. The molecule has 2 rings (SSSR count). The Hall–Kier alpha value is -0.870. The van der Waals surface area contributed by atoms with Gasteiger partial charge in [0.2, 0.25) is 0 Å². The Kier molecular flexibility index (Phi) is 3.52. The molecule has 1 aliphatic carbocycles. The van der Waals surface area contributed by atoms with Crippen molar-refractivity contribution in [2.24, 2.45) is 0 Å². The van der Waals surface area contributed by atoms with E-state index in [-0.39, 0.29) is 11.9 Å². The van der Waals surface area contributed by atoms with E-state index in [2.05, 4.69) is 0 Å². The van der Waals surface area contributed by atoms with Gasteiger partial charge in [0.15, 0.2) is 9.84 Å². The highest BCUT2D eigenvalue weighted by Crippen LogP contribution is 2.36. The summed E-state index contributed by atoms with van der Waals surface area (Å²) in [6, 6.07) is 7.05. The van der Waals surface area contributed by atoms with Crippen LogP contribution >= 0.6 is 0 Å². The van der Waals surface area contributed by atoms with Crippen molar-refractivity contribution in [2.45, 2.75) is 48.7 Å². The summed E-state index contributed by atoms with van der Waals surface area (Å²) in [6.45, 7) is 3.66. The quantitative estimate of drug-likeness (QED) is 0.911. The molecule has 1 aromatic rings. The fourth-order valence-electron chi connectivity index (χ4n) is 2.22. The van der Waals surface area contributed by atoms with Gasteiger partial charge in [-0.3, -0.25) is 0 Å². The highest BCUT2D eigenvalue weighted by Gasteiger charge is 2.36. The van der Waals surface area contributed by atoms with Crippen LogP contribution in [0.4, 0.5) is 0 Å². The van der Waals surface area contributed by atoms with Crippen molar-refractivity contribution in [3.8, 4) is 0 Å². The molecule has 1 aromatic carbocycles. The Morgan fingerprint density at radius 1 is 1.28 bits per heavy atom. The lowest BCUT2D eigenvalue weighted by Crippen LogP contribution is -2.32. The lowest BCUT2D eigenvalue weighted by molar-refractivity contribution is 0.216. The molecule has 0 aromatic heterocycles. The number of rotatable bonds is 4. The van der Waals surface area contributed by atoms with Crippen molar-refractivity contribution in [1.29, 1.82) is 0 Å². The molecule has 100 valence electrons. The first kappa shape index (κ1) is 13.6. The first-order chi connectivity index (χ1) is 8.39. The fourth-order valence-corrected chi connectivity index (χ4v) is 4.45. The van der Waals surface area contributed by atoms with Crippen molar-refractivity contribution in [3.63, 3.8) is 0 Å². The van der Waals surface area contributed by atoms with E-state index in [0.717, 1.165) is 24.8 Å². The average Bonchev–Trinajstić information content (AvgIpc) is 2.26. The summed E-state index contributed by atoms with van der Waals surface area (Å²) < 4.78 is 25.0. The maximum atomic E-state index is 12.5. The summed E-state index contributed by atoms with van der Waals surface area (Å²) in [5.74, 6) is 0. The van der Waals surface area contributed by atoms with E-state index in [1.165, 1.54) is 0 Å². The van der Waals surface area contributed by atoms with Gasteiger partial charge in [-0.05, 0) is 24.5 Å². The number of aliphatic hydroxyl groups is 1. The molecule has 1 saturated carbocycles. The molecule has 0 aliphatic heterocycles. The molecule has 1 aliphatic rings. The van der Waals surface area contributed by atoms with Crippen LogP contribution < -0.4 is 0 Å². The second kappa shape index (κ2) is 4.67. The molecule has 0 heterocycles. The Bertz CT molecular complexity index is 528. The SMILES string of the molecule is CC(C)(CO)c1ccccc1S(=O)(=O)C1CCC1. The minimum absolute atomic E-state index is 0.0653. The fraction of sp³-hybridized carbons (Fsp3) is 0.571. The highest BCUT2D eigenvalue weighted by molar-refractivity contribution is 7.92. The van der Waals surface area contributed by atoms with Gasteiger partial charge in [-0.2, -0.15) is 0 Å². The van der Waals surface area contributed by atoms with E-state index < -0.39 is 15.3 Å². The van der Waals surface area contributed by atoms with Gasteiger partial charge in [-0.25, -0.2) is 8.42 Å². The van der Waals surface area contributed by atoms with Crippen molar-refractivity contribution in [2.75, 3.05) is 6.61 Å². The maximum absolute atomic E-state index is 12.5. The molecule has 0 spiro atoms. The Labute approximate surface area is 109 Å². The normalized spacial score (nSPS) is 17.5. The van der Waals surface area contributed by atoms with E-state index in [9.17, 15) is 13.5 Å². The van der Waals surface area contributed by atoms with E-state index in [1.807, 2.05) is 26.0 Å². The second-order valence-corrected chi connectivity index (χ2v) is 7.83. The Balaban J connectivity index is 2.52. The lowest BCUT2D eigenvalue weighted by Gasteiger charge is -2.30. The third kappa shape index (κ3) is 2.19. The first-order valence-electron chi connectivity index (χ1n) is 6.34. The van der Waals surface area contributed by atoms with Crippen LogP contribution in [0.1, 0.15) is 38.7 Å². The van der Waals surface area contributed by atoms with E-state index in [1.54, 1.807) is 12.1 Å². The number of hydrogen-bond donors (Lipinski definition) is 1. The molecule has 3 nitrogen and oxygen atoms in total. The monoisotopic (exact) mass is 268 g/mol. The second-order valence-electron chi connectivity index (χ2n) is 5.64. The molecular formula is C14H20O3S. The highest BCUT2D eigenvalue weighted by atomic mass is 32.2. The smallest absolute Gasteiger partial charge is 0.181 e. The van der Waals surface area contributed by atoms with Gasteiger partial charge >= 0.3 is 0 Å². The largest absolute Gasteiger partial charge is 0.395 e. The van der Waals surface area contributed by atoms with E-state index >= 15 is 0 Å². The lowest BCUT2D eigenvalue weighted by atomic mass is 9.86. The molecule has 1 fully saturated rings. The van der Waals surface area contributed by atoms with Gasteiger partial charge in [0.05, 0.1) is 16.8 Å². The molecule has 1 N–H and O–H groups in total. The molecule has 0 bridgehead atoms. The topological polar surface area (TPSA) is 54.4 Å². The summed E-state index contributed by atoms with van der Waals surface area (Å²) in [4.78, 5) is 0.397. The average molecular weight is 268 g/mol. The van der Waals surface area contributed by atoms with Gasteiger partial charge in [0, 0.05) is 5.41 Å². The van der Waals surface area contributed by atoms with Crippen molar-refractivity contribution < 1.29 is 13.5 Å². The van der Waals surface area contributed by atoms with Gasteiger partial charge in [0.25, 0.3) is 0 Å². The zero-order chi connectivity index (χ0) is 13.4. The Morgan fingerprint density at radius 3 is 2.39 bits per heavy atom. The van der Waals surface area contributed by atoms with Crippen molar-refractivity contribution in [1.82, 2.24) is 0 Å². The minimum atomic E-state index is -3.24. The van der Waals surface area contributed by atoms with Crippen LogP contribution in [0.3, 0.4) is 0 Å². The number of aliphatic hydroxyl groups excluding tert-OH is 1. The van der Waals surface area contributed by atoms with Gasteiger partial charge in [-0.15, -0.1) is 0 Å². The maximum Gasteiger partial charge on any atom is 0.181 e. The molecule has 4 heteroatoms. The minimum Gasteiger partial charge on any atom is -0.395 e. The molecular weight excluding hydrogens is 248 g/mol. The summed E-state index contributed by atoms with van der Waals surface area (Å²) in [5.41, 5.74) is 0.187. The van der Waals surface area contributed by atoms with Crippen LogP contribution in [0.2, 0.25) is 0 Å². The molecule has 0 atom stereocenters. The standard InChI is InChI=1S/C14H20O3S/c1-14(2,10-15)12-8-3-4-9-13(12)18(16,17)11-6-5-7-11/h3-4,8-9,11,15H,5-7,10H2,1-2H3. The molecule has 0 unspecified atom stereocenters. The summed E-state index contributed by atoms with van der Waals surface area (Å²) in [7, 11) is -3.24. The summed E-state index contributed by atoms with van der Waals surface area (Å²) in [5, 5.41) is 9.22. The van der Waals surface area contributed by atoms with E-state index in [4.69, 9.17) is 0 Å². The summed E-state index contributed by atoms with van der Waals surface area (Å²) in [6.07, 6.45) is 2.52. The van der Waals surface area contributed by atoms with Crippen molar-refractivity contribution in [3.05, 3.63) is 29.8 Å². The first-order valence-corrected chi connectivity index (χ1v) is 7.88. The van der Waals surface area contributed by atoms with Crippen LogP contribution in [0.15, 0.2) is 29.2 Å². The van der Waals surface area contributed by atoms with Crippen molar-refractivity contribution >= 4 is 9.84 Å². The van der Waals surface area contributed by atoms with Gasteiger partial charge in [0.1, 0.15) is 0 Å². The van der Waals surface area contributed by atoms with E-state index in [0.29, 0.717) is 4.90 Å². The number of benzene rings is 1. The Morgan fingerprint density at radius 2 is 1.89 bits per heavy atom. The van der Waals surface area contributed by atoms with Crippen LogP contribution in [0.25, 0.3) is 0 Å². The molecule has 18 heavy (non-hydrogen) atoms. The van der Waals surface area contributed by atoms with Crippen LogP contribution in [-0.2, 0) is 15.3 Å². The predicted molar refractivity (Wildman–Crippen MR) is 71.4 cm³/mol. The molecule has 0 saturated heterocycles. The zero-order valence-electron chi connectivity index (χ0n) is 10.9. The van der Waals surface area contributed by atoms with Crippen LogP contribution in [-0.4, -0.2) is 25.4 Å². The summed E-state index contributed by atoms with van der Waals surface area (Å²) >= 11 is 0. The van der Waals surface area contributed by atoms with Gasteiger partial charge < -0.3 is 5.11 Å².